The number of hydrogen-bond acceptors (Lipinski definition) is 5. The second kappa shape index (κ2) is 7.52. The summed E-state index contributed by atoms with van der Waals surface area (Å²) in [6.45, 7) is 5.13. The van der Waals surface area contributed by atoms with Gasteiger partial charge in [0.15, 0.2) is 0 Å². The first-order valence-corrected chi connectivity index (χ1v) is 7.47. The number of ether oxygens (including phenoxy) is 2. The molecule has 1 aromatic heterocycles. The molecule has 21 heavy (non-hydrogen) atoms. The van der Waals surface area contributed by atoms with Gasteiger partial charge in [0.25, 0.3) is 0 Å². The highest BCUT2D eigenvalue weighted by Crippen LogP contribution is 2.32. The molecule has 0 N–H and O–H groups in total. The van der Waals surface area contributed by atoms with Crippen LogP contribution in [0.5, 0.6) is 0 Å². The van der Waals surface area contributed by atoms with E-state index in [0.29, 0.717) is 19.8 Å². The van der Waals surface area contributed by atoms with Gasteiger partial charge in [-0.1, -0.05) is 6.07 Å². The highest BCUT2D eigenvalue weighted by Gasteiger charge is 2.43. The Labute approximate surface area is 126 Å². The predicted octanol–water partition coefficient (Wildman–Crippen LogP) is 1.87. The van der Waals surface area contributed by atoms with Crippen molar-refractivity contribution in [1.82, 2.24) is 9.88 Å². The van der Waals surface area contributed by atoms with Crippen molar-refractivity contribution in [2.45, 2.75) is 26.3 Å². The summed E-state index contributed by atoms with van der Waals surface area (Å²) in [5.74, 6) is -0.136. The Bertz CT molecular complexity index is 448. The van der Waals surface area contributed by atoms with Gasteiger partial charge in [0.1, 0.15) is 5.41 Å². The highest BCUT2D eigenvalue weighted by molar-refractivity contribution is 5.77. The number of carbonyl (C=O) groups excluding carboxylic acids is 1. The first-order valence-electron chi connectivity index (χ1n) is 7.47. The summed E-state index contributed by atoms with van der Waals surface area (Å²) in [7, 11) is 1.64. The van der Waals surface area contributed by atoms with Crippen LogP contribution in [0.1, 0.15) is 25.3 Å². The molecule has 116 valence electrons. The Morgan fingerprint density at radius 3 is 3.05 bits per heavy atom. The van der Waals surface area contributed by atoms with Crippen molar-refractivity contribution >= 4 is 5.97 Å². The van der Waals surface area contributed by atoms with Crippen LogP contribution in [0.4, 0.5) is 0 Å². The molecule has 0 spiro atoms. The third-order valence-electron chi connectivity index (χ3n) is 3.91. The summed E-state index contributed by atoms with van der Waals surface area (Å²) in [6, 6.07) is 4.00. The lowest BCUT2D eigenvalue weighted by Crippen LogP contribution is -2.50. The fraction of sp³-hybridized carbons (Fsp3) is 0.625. The minimum Gasteiger partial charge on any atom is -0.465 e. The summed E-state index contributed by atoms with van der Waals surface area (Å²) in [4.78, 5) is 18.8. The van der Waals surface area contributed by atoms with Crippen LogP contribution in [0.2, 0.25) is 0 Å². The van der Waals surface area contributed by atoms with Crippen molar-refractivity contribution in [2.24, 2.45) is 5.41 Å². The minimum absolute atomic E-state index is 0.136. The minimum atomic E-state index is -0.536. The second-order valence-corrected chi connectivity index (χ2v) is 5.61. The number of aromatic nitrogens is 1. The molecule has 0 saturated carbocycles. The zero-order chi connectivity index (χ0) is 15.1. The maximum Gasteiger partial charge on any atom is 0.315 e. The number of likely N-dealkylation sites (tertiary alicyclic amines) is 1. The molecule has 2 heterocycles. The zero-order valence-electron chi connectivity index (χ0n) is 12.9. The monoisotopic (exact) mass is 292 g/mol. The van der Waals surface area contributed by atoms with Crippen molar-refractivity contribution in [3.8, 4) is 0 Å². The fourth-order valence-corrected chi connectivity index (χ4v) is 3.02. The molecule has 0 amide bonds. The molecule has 1 saturated heterocycles. The van der Waals surface area contributed by atoms with Crippen molar-refractivity contribution in [2.75, 3.05) is 33.4 Å². The van der Waals surface area contributed by atoms with E-state index >= 15 is 0 Å². The van der Waals surface area contributed by atoms with Crippen LogP contribution in [0.15, 0.2) is 24.5 Å². The number of piperidine rings is 1. The number of methoxy groups -OCH3 is 1. The van der Waals surface area contributed by atoms with E-state index in [1.54, 1.807) is 13.3 Å². The van der Waals surface area contributed by atoms with Crippen LogP contribution in [-0.2, 0) is 20.8 Å². The number of rotatable bonds is 6. The number of carbonyl (C=O) groups is 1. The SMILES string of the molecule is CCOC(=O)[C@]1(COC)CCCN(Cc2cccnc2)C1. The lowest BCUT2D eigenvalue weighted by molar-refractivity contribution is -0.163. The quantitative estimate of drug-likeness (QED) is 0.749. The normalized spacial score (nSPS) is 23.0. The molecule has 5 heteroatoms. The summed E-state index contributed by atoms with van der Waals surface area (Å²) < 4.78 is 10.6. The van der Waals surface area contributed by atoms with Gasteiger partial charge in [-0.25, -0.2) is 0 Å². The van der Waals surface area contributed by atoms with Crippen molar-refractivity contribution in [3.63, 3.8) is 0 Å². The van der Waals surface area contributed by atoms with Gasteiger partial charge < -0.3 is 9.47 Å². The van der Waals surface area contributed by atoms with Gasteiger partial charge in [-0.15, -0.1) is 0 Å². The molecule has 0 bridgehead atoms. The lowest BCUT2D eigenvalue weighted by atomic mass is 9.80. The zero-order valence-corrected chi connectivity index (χ0v) is 12.9. The molecule has 1 aliphatic rings. The van der Waals surface area contributed by atoms with Gasteiger partial charge >= 0.3 is 5.97 Å². The van der Waals surface area contributed by atoms with Gasteiger partial charge in [0, 0.05) is 32.6 Å². The first-order chi connectivity index (χ1) is 10.2. The Morgan fingerprint density at radius 2 is 2.38 bits per heavy atom. The summed E-state index contributed by atoms with van der Waals surface area (Å²) >= 11 is 0. The van der Waals surface area contributed by atoms with Crippen LogP contribution in [0.3, 0.4) is 0 Å². The molecule has 0 radical (unpaired) electrons. The van der Waals surface area contributed by atoms with Gasteiger partial charge in [-0.05, 0) is 37.9 Å². The van der Waals surface area contributed by atoms with E-state index in [0.717, 1.165) is 31.5 Å². The van der Waals surface area contributed by atoms with Gasteiger partial charge in [-0.2, -0.15) is 0 Å². The topological polar surface area (TPSA) is 51.7 Å². The van der Waals surface area contributed by atoms with Crippen molar-refractivity contribution < 1.29 is 14.3 Å². The third-order valence-corrected chi connectivity index (χ3v) is 3.91. The van der Waals surface area contributed by atoms with Crippen LogP contribution in [-0.4, -0.2) is 49.3 Å². The maximum atomic E-state index is 12.4. The Hall–Kier alpha value is -1.46. The highest BCUT2D eigenvalue weighted by atomic mass is 16.5. The van der Waals surface area contributed by atoms with Crippen LogP contribution in [0.25, 0.3) is 0 Å². The molecule has 5 nitrogen and oxygen atoms in total. The smallest absolute Gasteiger partial charge is 0.315 e. The number of pyridine rings is 1. The van der Waals surface area contributed by atoms with Crippen molar-refractivity contribution in [1.29, 1.82) is 0 Å². The average Bonchev–Trinajstić information content (AvgIpc) is 2.49. The lowest BCUT2D eigenvalue weighted by Gasteiger charge is -2.40. The number of esters is 1. The van der Waals surface area contributed by atoms with E-state index < -0.39 is 5.41 Å². The van der Waals surface area contributed by atoms with Gasteiger partial charge in [0.05, 0.1) is 13.2 Å². The molecule has 1 atom stereocenters. The van der Waals surface area contributed by atoms with E-state index in [4.69, 9.17) is 9.47 Å². The third kappa shape index (κ3) is 4.02. The van der Waals surface area contributed by atoms with Gasteiger partial charge in [-0.3, -0.25) is 14.7 Å². The summed E-state index contributed by atoms with van der Waals surface area (Å²) in [6.07, 6.45) is 5.44. The Kier molecular flexibility index (Phi) is 5.70. The van der Waals surface area contributed by atoms with E-state index in [1.165, 1.54) is 0 Å². The van der Waals surface area contributed by atoms with Crippen molar-refractivity contribution in [3.05, 3.63) is 30.1 Å². The molecule has 1 fully saturated rings. The number of nitrogens with zero attached hydrogens (tertiary/aromatic N) is 2. The molecule has 0 aromatic carbocycles. The molecular weight excluding hydrogens is 268 g/mol. The van der Waals surface area contributed by atoms with E-state index in [9.17, 15) is 4.79 Å². The van der Waals surface area contributed by atoms with Crippen LogP contribution < -0.4 is 0 Å². The Balaban J connectivity index is 2.07. The Morgan fingerprint density at radius 1 is 1.52 bits per heavy atom. The molecule has 2 rings (SSSR count). The largest absolute Gasteiger partial charge is 0.465 e. The van der Waals surface area contributed by atoms with E-state index in [2.05, 4.69) is 16.0 Å². The van der Waals surface area contributed by atoms with Gasteiger partial charge in [0.2, 0.25) is 0 Å². The molecule has 1 aliphatic heterocycles. The molecule has 1 aromatic rings. The fourth-order valence-electron chi connectivity index (χ4n) is 3.02. The summed E-state index contributed by atoms with van der Waals surface area (Å²) in [5.41, 5.74) is 0.625. The molecule has 0 aliphatic carbocycles. The second-order valence-electron chi connectivity index (χ2n) is 5.61. The molecule has 0 unspecified atom stereocenters. The maximum absolute atomic E-state index is 12.4. The predicted molar refractivity (Wildman–Crippen MR) is 79.7 cm³/mol. The van der Waals surface area contributed by atoms with E-state index in [1.807, 2.05) is 19.2 Å². The standard InChI is InChI=1S/C16H24N2O3/c1-3-21-15(19)16(13-20-2)7-5-9-18(12-16)11-14-6-4-8-17-10-14/h4,6,8,10H,3,5,7,9,11-13H2,1-2H3/t16-/m1/s1. The van der Waals surface area contributed by atoms with Crippen LogP contribution >= 0.6 is 0 Å². The van der Waals surface area contributed by atoms with E-state index in [-0.39, 0.29) is 5.97 Å². The number of hydrogen-bond donors (Lipinski definition) is 0. The van der Waals surface area contributed by atoms with Crippen LogP contribution in [0, 0.1) is 5.41 Å². The first kappa shape index (κ1) is 15.9. The average molecular weight is 292 g/mol. The summed E-state index contributed by atoms with van der Waals surface area (Å²) in [5, 5.41) is 0. The molecular formula is C16H24N2O3.